The van der Waals surface area contributed by atoms with E-state index in [9.17, 15) is 9.59 Å². The zero-order valence-corrected chi connectivity index (χ0v) is 15.7. The molecule has 0 saturated carbocycles. The lowest BCUT2D eigenvalue weighted by Gasteiger charge is -2.15. The number of carbonyl (C=O) groups is 2. The molecule has 142 valence electrons. The average Bonchev–Trinajstić information content (AvgIpc) is 2.72. The molecule has 0 saturated heterocycles. The van der Waals surface area contributed by atoms with Gasteiger partial charge in [-0.3, -0.25) is 9.59 Å². The standard InChI is InChI=1S/C23H26O4/c1-2-3-4-11-16-21(22(24)26-17-19-12-7-5-8-13-19)23(25)27-18-20-14-9-6-10-15-20/h2-3,5-10,12-15,21H,4,11,16-18H2,1H3/b3-2+. The second-order valence-corrected chi connectivity index (χ2v) is 6.24. The molecule has 4 nitrogen and oxygen atoms in total. The van der Waals surface area contributed by atoms with Crippen molar-refractivity contribution in [3.63, 3.8) is 0 Å². The van der Waals surface area contributed by atoms with Crippen LogP contribution in [0.2, 0.25) is 0 Å². The van der Waals surface area contributed by atoms with Gasteiger partial charge in [0.1, 0.15) is 13.2 Å². The monoisotopic (exact) mass is 366 g/mol. The van der Waals surface area contributed by atoms with Gasteiger partial charge in [-0.15, -0.1) is 0 Å². The molecule has 0 unspecified atom stereocenters. The fraction of sp³-hybridized carbons (Fsp3) is 0.304. The summed E-state index contributed by atoms with van der Waals surface area (Å²) in [7, 11) is 0. The molecule has 2 aromatic carbocycles. The third-order valence-corrected chi connectivity index (χ3v) is 4.12. The Morgan fingerprint density at radius 2 is 1.33 bits per heavy atom. The van der Waals surface area contributed by atoms with Crippen LogP contribution in [0.4, 0.5) is 0 Å². The minimum absolute atomic E-state index is 0.150. The van der Waals surface area contributed by atoms with Crippen molar-refractivity contribution < 1.29 is 19.1 Å². The lowest BCUT2D eigenvalue weighted by molar-refractivity contribution is -0.164. The summed E-state index contributed by atoms with van der Waals surface area (Å²) in [5.41, 5.74) is 1.77. The first kappa shape index (κ1) is 20.4. The summed E-state index contributed by atoms with van der Waals surface area (Å²) < 4.78 is 10.7. The summed E-state index contributed by atoms with van der Waals surface area (Å²) in [6.45, 7) is 2.24. The van der Waals surface area contributed by atoms with Gasteiger partial charge < -0.3 is 9.47 Å². The topological polar surface area (TPSA) is 52.6 Å². The van der Waals surface area contributed by atoms with Gasteiger partial charge in [-0.1, -0.05) is 72.8 Å². The van der Waals surface area contributed by atoms with Crippen molar-refractivity contribution >= 4 is 11.9 Å². The minimum atomic E-state index is -0.900. The Morgan fingerprint density at radius 3 is 1.78 bits per heavy atom. The van der Waals surface area contributed by atoms with E-state index in [0.717, 1.165) is 24.0 Å². The number of hydrogen-bond donors (Lipinski definition) is 0. The molecule has 2 aromatic rings. The first-order valence-electron chi connectivity index (χ1n) is 9.23. The molecule has 0 N–H and O–H groups in total. The highest BCUT2D eigenvalue weighted by Crippen LogP contribution is 2.16. The molecule has 0 fully saturated rings. The molecule has 0 aromatic heterocycles. The van der Waals surface area contributed by atoms with E-state index in [1.165, 1.54) is 0 Å². The van der Waals surface area contributed by atoms with Crippen LogP contribution in [-0.2, 0) is 32.3 Å². The van der Waals surface area contributed by atoms with Crippen LogP contribution in [-0.4, -0.2) is 11.9 Å². The van der Waals surface area contributed by atoms with Crippen LogP contribution in [0.25, 0.3) is 0 Å². The summed E-state index contributed by atoms with van der Waals surface area (Å²) in [5.74, 6) is -1.96. The van der Waals surface area contributed by atoms with Gasteiger partial charge in [-0.25, -0.2) is 0 Å². The maximum atomic E-state index is 12.5. The Kier molecular flexibility index (Phi) is 8.84. The number of carbonyl (C=O) groups excluding carboxylic acids is 2. The van der Waals surface area contributed by atoms with Gasteiger partial charge in [-0.2, -0.15) is 0 Å². The molecule has 0 radical (unpaired) electrons. The fourth-order valence-corrected chi connectivity index (χ4v) is 2.60. The van der Waals surface area contributed by atoms with Gasteiger partial charge in [0.15, 0.2) is 5.92 Å². The van der Waals surface area contributed by atoms with E-state index in [-0.39, 0.29) is 13.2 Å². The van der Waals surface area contributed by atoms with Crippen molar-refractivity contribution in [2.75, 3.05) is 0 Å². The van der Waals surface area contributed by atoms with Crippen LogP contribution in [0, 0.1) is 5.92 Å². The Morgan fingerprint density at radius 1 is 0.852 bits per heavy atom. The molecule has 4 heteroatoms. The second-order valence-electron chi connectivity index (χ2n) is 6.24. The van der Waals surface area contributed by atoms with Gasteiger partial charge >= 0.3 is 11.9 Å². The van der Waals surface area contributed by atoms with Crippen molar-refractivity contribution in [3.05, 3.63) is 83.9 Å². The highest BCUT2D eigenvalue weighted by atomic mass is 16.6. The Labute approximate surface area is 160 Å². The Balaban J connectivity index is 1.93. The number of rotatable bonds is 10. The maximum Gasteiger partial charge on any atom is 0.320 e. The molecule has 0 atom stereocenters. The summed E-state index contributed by atoms with van der Waals surface area (Å²) in [6.07, 6.45) is 5.91. The molecule has 0 heterocycles. The van der Waals surface area contributed by atoms with Crippen molar-refractivity contribution in [2.45, 2.75) is 39.4 Å². The Hall–Kier alpha value is -2.88. The van der Waals surface area contributed by atoms with Crippen LogP contribution < -0.4 is 0 Å². The van der Waals surface area contributed by atoms with Gasteiger partial charge in [-0.05, 0) is 37.3 Å². The third kappa shape index (κ3) is 7.48. The zero-order valence-electron chi connectivity index (χ0n) is 15.7. The predicted molar refractivity (Wildman–Crippen MR) is 105 cm³/mol. The molecule has 0 aliphatic heterocycles. The largest absolute Gasteiger partial charge is 0.460 e. The molecular formula is C23H26O4. The van der Waals surface area contributed by atoms with E-state index in [1.807, 2.05) is 79.7 Å². The van der Waals surface area contributed by atoms with E-state index >= 15 is 0 Å². The summed E-state index contributed by atoms with van der Waals surface area (Å²) in [5, 5.41) is 0. The zero-order chi connectivity index (χ0) is 19.3. The predicted octanol–water partition coefficient (Wildman–Crippen LogP) is 4.84. The molecule has 0 aliphatic carbocycles. The van der Waals surface area contributed by atoms with Crippen LogP contribution in [0.15, 0.2) is 72.8 Å². The molecule has 2 rings (SSSR count). The first-order chi connectivity index (χ1) is 13.2. The number of benzene rings is 2. The lowest BCUT2D eigenvalue weighted by Crippen LogP contribution is -2.28. The molecule has 0 bridgehead atoms. The van der Waals surface area contributed by atoms with E-state index in [4.69, 9.17) is 9.47 Å². The summed E-state index contributed by atoms with van der Waals surface area (Å²) in [4.78, 5) is 25.0. The molecule has 0 aliphatic rings. The average molecular weight is 366 g/mol. The lowest BCUT2D eigenvalue weighted by atomic mass is 10.0. The maximum absolute atomic E-state index is 12.5. The van der Waals surface area contributed by atoms with Crippen molar-refractivity contribution in [1.82, 2.24) is 0 Å². The molecule has 0 spiro atoms. The SMILES string of the molecule is C/C=C/CCCC(C(=O)OCc1ccccc1)C(=O)OCc1ccccc1. The van der Waals surface area contributed by atoms with E-state index in [2.05, 4.69) is 0 Å². The second kappa shape index (κ2) is 11.7. The van der Waals surface area contributed by atoms with E-state index in [0.29, 0.717) is 6.42 Å². The molecule has 0 amide bonds. The highest BCUT2D eigenvalue weighted by molar-refractivity contribution is 5.94. The van der Waals surface area contributed by atoms with Crippen LogP contribution in [0.1, 0.15) is 37.3 Å². The summed E-state index contributed by atoms with van der Waals surface area (Å²) in [6, 6.07) is 18.8. The van der Waals surface area contributed by atoms with Crippen LogP contribution >= 0.6 is 0 Å². The van der Waals surface area contributed by atoms with E-state index < -0.39 is 17.9 Å². The smallest absolute Gasteiger partial charge is 0.320 e. The summed E-state index contributed by atoms with van der Waals surface area (Å²) >= 11 is 0. The number of hydrogen-bond acceptors (Lipinski definition) is 4. The quantitative estimate of drug-likeness (QED) is 0.261. The number of ether oxygens (including phenoxy) is 2. The van der Waals surface area contributed by atoms with Crippen LogP contribution in [0.5, 0.6) is 0 Å². The van der Waals surface area contributed by atoms with Gasteiger partial charge in [0.25, 0.3) is 0 Å². The van der Waals surface area contributed by atoms with Crippen molar-refractivity contribution in [1.29, 1.82) is 0 Å². The van der Waals surface area contributed by atoms with Gasteiger partial charge in [0.2, 0.25) is 0 Å². The third-order valence-electron chi connectivity index (χ3n) is 4.12. The first-order valence-corrected chi connectivity index (χ1v) is 9.23. The number of esters is 2. The van der Waals surface area contributed by atoms with Crippen molar-refractivity contribution in [3.8, 4) is 0 Å². The number of unbranched alkanes of at least 4 members (excludes halogenated alkanes) is 1. The van der Waals surface area contributed by atoms with Gasteiger partial charge in [0, 0.05) is 0 Å². The fourth-order valence-electron chi connectivity index (χ4n) is 2.60. The van der Waals surface area contributed by atoms with Gasteiger partial charge in [0.05, 0.1) is 0 Å². The molecular weight excluding hydrogens is 340 g/mol. The molecule has 27 heavy (non-hydrogen) atoms. The van der Waals surface area contributed by atoms with Crippen molar-refractivity contribution in [2.24, 2.45) is 5.92 Å². The van der Waals surface area contributed by atoms with E-state index in [1.54, 1.807) is 0 Å². The normalized spacial score (nSPS) is 10.9. The van der Waals surface area contributed by atoms with Crippen LogP contribution in [0.3, 0.4) is 0 Å². The Bertz CT molecular complexity index is 667. The highest BCUT2D eigenvalue weighted by Gasteiger charge is 2.29. The minimum Gasteiger partial charge on any atom is -0.460 e. The number of allylic oxidation sites excluding steroid dienone is 2.